The molecule has 0 N–H and O–H groups in total. The highest BCUT2D eigenvalue weighted by Gasteiger charge is 2.39. The number of hydrogen-bond acceptors (Lipinski definition) is 0. The smallest absolute Gasteiger partial charge is 0.210 e. The van der Waals surface area contributed by atoms with E-state index in [1.165, 1.54) is 0 Å². The third-order valence-corrected chi connectivity index (χ3v) is 6.80. The average molecular weight is 436 g/mol. The van der Waals surface area contributed by atoms with Crippen LogP contribution in [-0.4, -0.2) is 6.43 Å². The monoisotopic (exact) mass is 436 g/mol. The van der Waals surface area contributed by atoms with E-state index in [4.69, 9.17) is 0 Å². The molecule has 0 aromatic heterocycles. The maximum Gasteiger partial charge on any atom is 0.422 e. The Morgan fingerprint density at radius 2 is 1.33 bits per heavy atom. The number of benzene rings is 1. The number of hydrogen-bond donors (Lipinski definition) is 0. The molecule has 0 radical (unpaired) electrons. The third kappa shape index (κ3) is 5.79. The van der Waals surface area contributed by atoms with Crippen molar-refractivity contribution in [1.29, 1.82) is 0 Å². The van der Waals surface area contributed by atoms with Gasteiger partial charge in [0, 0.05) is 6.42 Å². The minimum atomic E-state index is -5.04. The third-order valence-electron chi connectivity index (χ3n) is 6.80. The Balaban J connectivity index is 1.52. The molecule has 2 saturated carbocycles. The summed E-state index contributed by atoms with van der Waals surface area (Å²) in [6.45, 7) is 0. The Kier molecular flexibility index (Phi) is 7.51. The molecule has 0 bridgehead atoms. The molecule has 1 aromatic carbocycles. The molecule has 0 atom stereocenters. The zero-order valence-corrected chi connectivity index (χ0v) is 16.7. The predicted octanol–water partition coefficient (Wildman–Crippen LogP) is 8.28. The molecule has 168 valence electrons. The van der Waals surface area contributed by atoms with Crippen molar-refractivity contribution in [2.24, 2.45) is 17.8 Å². The van der Waals surface area contributed by atoms with Crippen LogP contribution in [0, 0.1) is 29.4 Å². The summed E-state index contributed by atoms with van der Waals surface area (Å²) in [5.41, 5.74) is -1.51. The molecule has 2 aliphatic rings. The maximum atomic E-state index is 13.9. The van der Waals surface area contributed by atoms with Crippen molar-refractivity contribution in [2.75, 3.05) is 0 Å². The van der Waals surface area contributed by atoms with Gasteiger partial charge in [0.05, 0.1) is 0 Å². The van der Waals surface area contributed by atoms with Crippen LogP contribution in [0.2, 0.25) is 0 Å². The van der Waals surface area contributed by atoms with Crippen LogP contribution in [0.3, 0.4) is 0 Å². The molecular formula is C23H27F7. The number of alkyl halides is 5. The minimum Gasteiger partial charge on any atom is -0.210 e. The zero-order valence-electron chi connectivity index (χ0n) is 16.7. The van der Waals surface area contributed by atoms with E-state index in [-0.39, 0.29) is 12.3 Å². The van der Waals surface area contributed by atoms with Gasteiger partial charge in [0.2, 0.25) is 6.43 Å². The highest BCUT2D eigenvalue weighted by Crippen LogP contribution is 2.45. The van der Waals surface area contributed by atoms with Gasteiger partial charge in [0.15, 0.2) is 0 Å². The molecule has 0 saturated heterocycles. The lowest BCUT2D eigenvalue weighted by molar-refractivity contribution is -0.142. The standard InChI is InChI=1S/C23H27F7/c24-19-12-18(13-20(25)22(19)23(28,29)30)17-10-8-16(9-11-17)15-6-4-14(5-7-15)2-1-3-21(26)27/h1-2,12-17,21H,3-11H2/b2-1+. The Morgan fingerprint density at radius 1 is 0.833 bits per heavy atom. The van der Waals surface area contributed by atoms with E-state index in [0.717, 1.165) is 50.7 Å². The minimum absolute atomic E-state index is 0.124. The fourth-order valence-electron chi connectivity index (χ4n) is 5.21. The maximum absolute atomic E-state index is 13.9. The van der Waals surface area contributed by atoms with Crippen molar-refractivity contribution < 1.29 is 30.7 Å². The molecule has 0 spiro atoms. The van der Waals surface area contributed by atoms with Crippen LogP contribution in [0.4, 0.5) is 30.7 Å². The second kappa shape index (κ2) is 9.73. The van der Waals surface area contributed by atoms with Gasteiger partial charge < -0.3 is 0 Å². The fourth-order valence-corrected chi connectivity index (χ4v) is 5.21. The van der Waals surface area contributed by atoms with Crippen LogP contribution in [0.15, 0.2) is 24.3 Å². The summed E-state index contributed by atoms with van der Waals surface area (Å²) in [4.78, 5) is 0. The Bertz CT molecular complexity index is 699. The van der Waals surface area contributed by atoms with E-state index < -0.39 is 29.8 Å². The summed E-state index contributed by atoms with van der Waals surface area (Å²) in [5, 5.41) is 0. The van der Waals surface area contributed by atoms with Crippen LogP contribution >= 0.6 is 0 Å². The Hall–Kier alpha value is -1.53. The summed E-state index contributed by atoms with van der Waals surface area (Å²) in [6.07, 6.45) is 3.20. The molecule has 3 rings (SSSR count). The van der Waals surface area contributed by atoms with Gasteiger partial charge in [0.1, 0.15) is 17.2 Å². The first-order chi connectivity index (χ1) is 14.1. The number of rotatable bonds is 5. The molecular weight excluding hydrogens is 409 g/mol. The van der Waals surface area contributed by atoms with Gasteiger partial charge >= 0.3 is 6.18 Å². The van der Waals surface area contributed by atoms with Gasteiger partial charge in [-0.1, -0.05) is 12.2 Å². The topological polar surface area (TPSA) is 0 Å². The van der Waals surface area contributed by atoms with Crippen molar-refractivity contribution in [3.8, 4) is 0 Å². The largest absolute Gasteiger partial charge is 0.422 e. The molecule has 2 fully saturated rings. The molecule has 0 amide bonds. The van der Waals surface area contributed by atoms with Gasteiger partial charge in [-0.05, 0) is 92.7 Å². The SMILES string of the molecule is Fc1cc(C2CCC(C3CCC(/C=C/CC(F)F)CC3)CC2)cc(F)c1C(F)(F)F. The van der Waals surface area contributed by atoms with Crippen LogP contribution in [0.25, 0.3) is 0 Å². The molecule has 1 aromatic rings. The van der Waals surface area contributed by atoms with Crippen molar-refractivity contribution in [2.45, 2.75) is 76.3 Å². The highest BCUT2D eigenvalue weighted by atomic mass is 19.4. The second-order valence-corrected chi connectivity index (χ2v) is 8.70. The normalized spacial score (nSPS) is 28.4. The molecule has 0 nitrogen and oxygen atoms in total. The van der Waals surface area contributed by atoms with E-state index >= 15 is 0 Å². The lowest BCUT2D eigenvalue weighted by atomic mass is 9.68. The molecule has 0 aliphatic heterocycles. The summed E-state index contributed by atoms with van der Waals surface area (Å²) in [5.74, 6) is -1.78. The number of halogens is 7. The second-order valence-electron chi connectivity index (χ2n) is 8.70. The van der Waals surface area contributed by atoms with Crippen LogP contribution < -0.4 is 0 Å². The highest BCUT2D eigenvalue weighted by molar-refractivity contribution is 5.30. The van der Waals surface area contributed by atoms with E-state index in [1.54, 1.807) is 6.08 Å². The Morgan fingerprint density at radius 3 is 1.80 bits per heavy atom. The van der Waals surface area contributed by atoms with Gasteiger partial charge in [-0.2, -0.15) is 13.2 Å². The van der Waals surface area contributed by atoms with Crippen molar-refractivity contribution in [3.05, 3.63) is 47.0 Å². The van der Waals surface area contributed by atoms with E-state index in [1.807, 2.05) is 6.08 Å². The predicted molar refractivity (Wildman–Crippen MR) is 101 cm³/mol. The van der Waals surface area contributed by atoms with Gasteiger partial charge in [-0.3, -0.25) is 0 Å². The first-order valence-electron chi connectivity index (χ1n) is 10.7. The molecule has 30 heavy (non-hydrogen) atoms. The first-order valence-corrected chi connectivity index (χ1v) is 10.7. The van der Waals surface area contributed by atoms with E-state index in [0.29, 0.717) is 36.2 Å². The summed E-state index contributed by atoms with van der Waals surface area (Å²) < 4.78 is 90.5. The van der Waals surface area contributed by atoms with Gasteiger partial charge in [-0.15, -0.1) is 0 Å². The van der Waals surface area contributed by atoms with Gasteiger partial charge in [0.25, 0.3) is 0 Å². The molecule has 0 heterocycles. The quantitative estimate of drug-likeness (QED) is 0.322. The van der Waals surface area contributed by atoms with Crippen molar-refractivity contribution in [1.82, 2.24) is 0 Å². The molecule has 0 unspecified atom stereocenters. The summed E-state index contributed by atoms with van der Waals surface area (Å²) >= 11 is 0. The van der Waals surface area contributed by atoms with Crippen LogP contribution in [-0.2, 0) is 6.18 Å². The lowest BCUT2D eigenvalue weighted by Gasteiger charge is -2.37. The fraction of sp³-hybridized carbons (Fsp3) is 0.652. The first kappa shape index (κ1) is 23.1. The zero-order chi connectivity index (χ0) is 21.9. The van der Waals surface area contributed by atoms with Crippen LogP contribution in [0.5, 0.6) is 0 Å². The van der Waals surface area contributed by atoms with Crippen molar-refractivity contribution in [3.63, 3.8) is 0 Å². The lowest BCUT2D eigenvalue weighted by Crippen LogP contribution is -2.25. The molecule has 7 heteroatoms. The van der Waals surface area contributed by atoms with E-state index in [2.05, 4.69) is 0 Å². The summed E-state index contributed by atoms with van der Waals surface area (Å²) in [6, 6.07) is 1.68. The van der Waals surface area contributed by atoms with Gasteiger partial charge in [-0.25, -0.2) is 17.6 Å². The van der Waals surface area contributed by atoms with Crippen molar-refractivity contribution >= 4 is 0 Å². The molecule has 2 aliphatic carbocycles. The number of allylic oxidation sites excluding steroid dienone is 2. The van der Waals surface area contributed by atoms with Crippen LogP contribution in [0.1, 0.15) is 74.8 Å². The summed E-state index contributed by atoms with van der Waals surface area (Å²) in [7, 11) is 0. The van der Waals surface area contributed by atoms with E-state index in [9.17, 15) is 30.7 Å². The average Bonchev–Trinajstić information content (AvgIpc) is 2.67. The Labute approximate surface area is 172 Å².